The monoisotopic (exact) mass is 308 g/mol. The van der Waals surface area contributed by atoms with Gasteiger partial charge >= 0.3 is 6.09 Å². The van der Waals surface area contributed by atoms with Crippen LogP contribution in [0.4, 0.5) is 10.5 Å². The third-order valence-corrected chi connectivity index (χ3v) is 3.49. The summed E-state index contributed by atoms with van der Waals surface area (Å²) in [5.74, 6) is 0. The summed E-state index contributed by atoms with van der Waals surface area (Å²) >= 11 is 0. The molecule has 3 rings (SSSR count). The number of carbonyl (C=O) groups excluding carboxylic acids is 1. The van der Waals surface area contributed by atoms with Crippen molar-refractivity contribution in [3.63, 3.8) is 0 Å². The van der Waals surface area contributed by atoms with Crippen LogP contribution in [0.25, 0.3) is 22.2 Å². The van der Waals surface area contributed by atoms with Crippen LogP contribution in [0.1, 0.15) is 20.8 Å². The molecule has 4 nitrogen and oxygen atoms in total. The first kappa shape index (κ1) is 15.2. The van der Waals surface area contributed by atoms with Crippen LogP contribution in [0.15, 0.2) is 54.6 Å². The normalized spacial score (nSPS) is 11.6. The van der Waals surface area contributed by atoms with Crippen molar-refractivity contribution in [3.05, 3.63) is 54.6 Å². The van der Waals surface area contributed by atoms with Gasteiger partial charge in [-0.25, -0.2) is 9.36 Å². The van der Waals surface area contributed by atoms with Gasteiger partial charge in [0.2, 0.25) is 0 Å². The maximum absolute atomic E-state index is 12.7. The molecule has 0 saturated heterocycles. The second kappa shape index (κ2) is 5.47. The van der Waals surface area contributed by atoms with Crippen LogP contribution in [0.5, 0.6) is 0 Å². The molecule has 0 aliphatic heterocycles. The van der Waals surface area contributed by atoms with Gasteiger partial charge in [-0.2, -0.15) is 0 Å². The molecule has 0 aliphatic rings. The topological polar surface area (TPSA) is 57.2 Å². The first-order valence-electron chi connectivity index (χ1n) is 7.55. The van der Waals surface area contributed by atoms with E-state index in [0.717, 1.165) is 22.2 Å². The van der Waals surface area contributed by atoms with Crippen LogP contribution in [0.2, 0.25) is 0 Å². The molecule has 3 aromatic rings. The fourth-order valence-corrected chi connectivity index (χ4v) is 2.53. The number of ether oxygens (including phenoxy) is 1. The molecule has 118 valence electrons. The molecule has 0 spiro atoms. The zero-order valence-corrected chi connectivity index (χ0v) is 13.5. The number of rotatable bonds is 1. The lowest BCUT2D eigenvalue weighted by atomic mass is 10.1. The minimum Gasteiger partial charge on any atom is -0.443 e. The standard InChI is InChI=1S/C19H20N2O2/c1-19(2,3)23-18(22)21-16-7-5-4-6-14(16)12-17(21)13-8-10-15(20)11-9-13/h4-12H,20H2,1-3H3. The first-order valence-corrected chi connectivity index (χ1v) is 7.55. The summed E-state index contributed by atoms with van der Waals surface area (Å²) in [4.78, 5) is 12.7. The number of aromatic nitrogens is 1. The van der Waals surface area contributed by atoms with Gasteiger partial charge in [0.15, 0.2) is 0 Å². The van der Waals surface area contributed by atoms with Crippen LogP contribution in [0.3, 0.4) is 0 Å². The Morgan fingerprint density at radius 2 is 1.70 bits per heavy atom. The Morgan fingerprint density at radius 1 is 1.04 bits per heavy atom. The maximum atomic E-state index is 12.7. The summed E-state index contributed by atoms with van der Waals surface area (Å²) in [7, 11) is 0. The largest absolute Gasteiger partial charge is 0.443 e. The molecular weight excluding hydrogens is 288 g/mol. The van der Waals surface area contributed by atoms with E-state index in [9.17, 15) is 4.79 Å². The van der Waals surface area contributed by atoms with Gasteiger partial charge in [0.1, 0.15) is 5.60 Å². The molecule has 0 saturated carbocycles. The molecule has 0 radical (unpaired) electrons. The number of hydrogen-bond acceptors (Lipinski definition) is 3. The molecule has 0 aliphatic carbocycles. The number of nitrogen functional groups attached to an aromatic ring is 1. The summed E-state index contributed by atoms with van der Waals surface area (Å²) in [5, 5.41) is 0.991. The Balaban J connectivity index is 2.19. The molecule has 23 heavy (non-hydrogen) atoms. The highest BCUT2D eigenvalue weighted by molar-refractivity contribution is 5.96. The first-order chi connectivity index (χ1) is 10.8. The number of nitrogens with two attached hydrogens (primary N) is 1. The average molecular weight is 308 g/mol. The number of carbonyl (C=O) groups is 1. The fraction of sp³-hybridized carbons (Fsp3) is 0.211. The summed E-state index contributed by atoms with van der Waals surface area (Å²) in [5.41, 5.74) is 8.43. The Hall–Kier alpha value is -2.75. The molecule has 0 amide bonds. The second-order valence-corrected chi connectivity index (χ2v) is 6.53. The minimum atomic E-state index is -0.555. The highest BCUT2D eigenvalue weighted by atomic mass is 16.6. The van der Waals surface area contributed by atoms with E-state index in [0.29, 0.717) is 5.69 Å². The van der Waals surface area contributed by atoms with Crippen LogP contribution in [0, 0.1) is 0 Å². The quantitative estimate of drug-likeness (QED) is 0.664. The zero-order valence-electron chi connectivity index (χ0n) is 13.5. The van der Waals surface area contributed by atoms with Crippen molar-refractivity contribution >= 4 is 22.7 Å². The van der Waals surface area contributed by atoms with Crippen molar-refractivity contribution in [2.45, 2.75) is 26.4 Å². The SMILES string of the molecule is CC(C)(C)OC(=O)n1c(-c2ccc(N)cc2)cc2ccccc21. The molecule has 0 bridgehead atoms. The number of anilines is 1. The van der Waals surface area contributed by atoms with Gasteiger partial charge in [0.25, 0.3) is 0 Å². The Labute approximate surface area is 135 Å². The lowest BCUT2D eigenvalue weighted by Gasteiger charge is -2.21. The smallest absolute Gasteiger partial charge is 0.419 e. The van der Waals surface area contributed by atoms with E-state index in [1.807, 2.05) is 75.4 Å². The van der Waals surface area contributed by atoms with E-state index < -0.39 is 5.60 Å². The van der Waals surface area contributed by atoms with Gasteiger partial charge < -0.3 is 10.5 Å². The van der Waals surface area contributed by atoms with Gasteiger partial charge in [0, 0.05) is 11.1 Å². The predicted octanol–water partition coefficient (Wildman–Crippen LogP) is 4.67. The maximum Gasteiger partial charge on any atom is 0.419 e. The average Bonchev–Trinajstić information content (AvgIpc) is 2.85. The van der Waals surface area contributed by atoms with E-state index in [2.05, 4.69) is 0 Å². The van der Waals surface area contributed by atoms with Gasteiger partial charge in [-0.3, -0.25) is 0 Å². The van der Waals surface area contributed by atoms with Gasteiger partial charge in [-0.15, -0.1) is 0 Å². The highest BCUT2D eigenvalue weighted by Crippen LogP contribution is 2.29. The lowest BCUT2D eigenvalue weighted by molar-refractivity contribution is 0.0547. The van der Waals surface area contributed by atoms with E-state index >= 15 is 0 Å². The van der Waals surface area contributed by atoms with Crippen molar-refractivity contribution in [2.75, 3.05) is 5.73 Å². The number of benzene rings is 2. The van der Waals surface area contributed by atoms with Crippen LogP contribution in [-0.4, -0.2) is 16.3 Å². The molecule has 4 heteroatoms. The Morgan fingerprint density at radius 3 is 2.35 bits per heavy atom. The Bertz CT molecular complexity index is 855. The predicted molar refractivity (Wildman–Crippen MR) is 93.4 cm³/mol. The number of nitrogens with zero attached hydrogens (tertiary/aromatic N) is 1. The fourth-order valence-electron chi connectivity index (χ4n) is 2.53. The van der Waals surface area contributed by atoms with E-state index in [-0.39, 0.29) is 6.09 Å². The van der Waals surface area contributed by atoms with E-state index in [1.165, 1.54) is 0 Å². The van der Waals surface area contributed by atoms with Gasteiger partial charge in [-0.1, -0.05) is 30.3 Å². The molecule has 0 unspecified atom stereocenters. The minimum absolute atomic E-state index is 0.384. The molecule has 1 aromatic heterocycles. The van der Waals surface area contributed by atoms with Crippen LogP contribution in [-0.2, 0) is 4.74 Å². The molecule has 2 N–H and O–H groups in total. The van der Waals surface area contributed by atoms with Gasteiger partial charge in [0.05, 0.1) is 11.2 Å². The summed E-state index contributed by atoms with van der Waals surface area (Å²) in [6.07, 6.45) is -0.384. The molecular formula is C19H20N2O2. The van der Waals surface area contributed by atoms with Gasteiger partial charge in [-0.05, 0) is 50.6 Å². The molecule has 0 fully saturated rings. The lowest BCUT2D eigenvalue weighted by Crippen LogP contribution is -2.27. The Kier molecular flexibility index (Phi) is 3.60. The number of hydrogen-bond donors (Lipinski definition) is 1. The van der Waals surface area contributed by atoms with Crippen LogP contribution < -0.4 is 5.73 Å². The summed E-state index contributed by atoms with van der Waals surface area (Å²) in [6.45, 7) is 5.58. The van der Waals surface area contributed by atoms with E-state index in [1.54, 1.807) is 4.57 Å². The van der Waals surface area contributed by atoms with Crippen molar-refractivity contribution in [1.29, 1.82) is 0 Å². The number of fused-ring (bicyclic) bond motifs is 1. The third kappa shape index (κ3) is 3.06. The van der Waals surface area contributed by atoms with Crippen LogP contribution >= 0.6 is 0 Å². The second-order valence-electron chi connectivity index (χ2n) is 6.53. The number of para-hydroxylation sites is 1. The van der Waals surface area contributed by atoms with Crippen molar-refractivity contribution in [3.8, 4) is 11.3 Å². The highest BCUT2D eigenvalue weighted by Gasteiger charge is 2.22. The zero-order chi connectivity index (χ0) is 16.6. The molecule has 0 atom stereocenters. The van der Waals surface area contributed by atoms with Crippen molar-refractivity contribution in [1.82, 2.24) is 4.57 Å². The van der Waals surface area contributed by atoms with Crippen molar-refractivity contribution < 1.29 is 9.53 Å². The third-order valence-electron chi connectivity index (χ3n) is 3.49. The summed E-state index contributed by atoms with van der Waals surface area (Å²) in [6, 6.07) is 17.2. The van der Waals surface area contributed by atoms with Crippen molar-refractivity contribution in [2.24, 2.45) is 0 Å². The molecule has 1 heterocycles. The molecule has 2 aromatic carbocycles. The summed E-state index contributed by atoms with van der Waals surface area (Å²) < 4.78 is 7.19. The van der Waals surface area contributed by atoms with E-state index in [4.69, 9.17) is 10.5 Å².